The molecule has 1 heteroatoms. The second kappa shape index (κ2) is 3.40. The topological polar surface area (TPSA) is 12.0 Å². The molecular weight excluding hydrogens is 134 g/mol. The number of nitrogens with one attached hydrogen (secondary N) is 1. The molecule has 2 rings (SSSR count). The number of piperidine rings is 1. The van der Waals surface area contributed by atoms with Gasteiger partial charge in [-0.3, -0.25) is 0 Å². The molecule has 0 radical (unpaired) electrons. The zero-order chi connectivity index (χ0) is 7.52. The van der Waals surface area contributed by atoms with Gasteiger partial charge in [-0.1, -0.05) is 11.6 Å². The van der Waals surface area contributed by atoms with Crippen LogP contribution in [0.1, 0.15) is 32.1 Å². The average molecular weight is 151 g/mol. The van der Waals surface area contributed by atoms with E-state index in [1.165, 1.54) is 45.2 Å². The molecule has 0 aromatic rings. The van der Waals surface area contributed by atoms with Crippen LogP contribution in [-0.4, -0.2) is 13.1 Å². The Labute approximate surface area is 68.9 Å². The smallest absolute Gasteiger partial charge is 0.00143 e. The first-order chi connectivity index (χ1) is 5.45. The Morgan fingerprint density at radius 3 is 2.73 bits per heavy atom. The van der Waals surface area contributed by atoms with Gasteiger partial charge in [0.15, 0.2) is 0 Å². The van der Waals surface area contributed by atoms with E-state index in [1.807, 2.05) is 0 Å². The average Bonchev–Trinajstić information content (AvgIpc) is 1.99. The summed E-state index contributed by atoms with van der Waals surface area (Å²) in [6.45, 7) is 2.46. The predicted molar refractivity (Wildman–Crippen MR) is 47.5 cm³/mol. The summed E-state index contributed by atoms with van der Waals surface area (Å²) < 4.78 is 0. The van der Waals surface area contributed by atoms with Gasteiger partial charge < -0.3 is 5.32 Å². The maximum Gasteiger partial charge on any atom is 0.00143 e. The van der Waals surface area contributed by atoms with Crippen LogP contribution in [0, 0.1) is 5.92 Å². The minimum atomic E-state index is 0.860. The fourth-order valence-corrected chi connectivity index (χ4v) is 1.90. The van der Waals surface area contributed by atoms with Crippen LogP contribution in [0.15, 0.2) is 11.6 Å². The molecule has 1 saturated heterocycles. The maximum atomic E-state index is 3.44. The molecule has 0 spiro atoms. The third-order valence-electron chi connectivity index (χ3n) is 2.80. The molecule has 1 saturated carbocycles. The molecule has 2 aliphatic rings. The van der Waals surface area contributed by atoms with Gasteiger partial charge in [0.05, 0.1) is 0 Å². The second-order valence-corrected chi connectivity index (χ2v) is 3.78. The molecule has 2 fully saturated rings. The van der Waals surface area contributed by atoms with E-state index in [2.05, 4.69) is 11.4 Å². The second-order valence-electron chi connectivity index (χ2n) is 3.78. The van der Waals surface area contributed by atoms with Crippen molar-refractivity contribution in [1.82, 2.24) is 5.32 Å². The van der Waals surface area contributed by atoms with Crippen molar-refractivity contribution in [3.63, 3.8) is 0 Å². The fourth-order valence-electron chi connectivity index (χ4n) is 1.90. The van der Waals surface area contributed by atoms with E-state index in [-0.39, 0.29) is 0 Å². The van der Waals surface area contributed by atoms with E-state index in [1.54, 1.807) is 5.57 Å². The van der Waals surface area contributed by atoms with Crippen LogP contribution in [0.3, 0.4) is 0 Å². The van der Waals surface area contributed by atoms with Crippen molar-refractivity contribution in [2.45, 2.75) is 32.1 Å². The van der Waals surface area contributed by atoms with Crippen molar-refractivity contribution < 1.29 is 0 Å². The van der Waals surface area contributed by atoms with Gasteiger partial charge in [-0.15, -0.1) is 0 Å². The SMILES string of the molecule is C(=C1CCC1)[C@H]1CCCNC1. The summed E-state index contributed by atoms with van der Waals surface area (Å²) >= 11 is 0. The molecule has 62 valence electrons. The van der Waals surface area contributed by atoms with Gasteiger partial charge in [0.2, 0.25) is 0 Å². The van der Waals surface area contributed by atoms with Crippen LogP contribution in [0.2, 0.25) is 0 Å². The summed E-state index contributed by atoms with van der Waals surface area (Å²) in [5.41, 5.74) is 1.72. The first-order valence-electron chi connectivity index (χ1n) is 4.85. The zero-order valence-electron chi connectivity index (χ0n) is 7.10. The molecule has 1 atom stereocenters. The van der Waals surface area contributed by atoms with Gasteiger partial charge in [0.25, 0.3) is 0 Å². The normalized spacial score (nSPS) is 31.3. The minimum Gasteiger partial charge on any atom is -0.316 e. The Morgan fingerprint density at radius 2 is 2.18 bits per heavy atom. The Balaban J connectivity index is 1.83. The first-order valence-corrected chi connectivity index (χ1v) is 4.85. The fraction of sp³-hybridized carbons (Fsp3) is 0.800. The molecule has 1 N–H and O–H groups in total. The molecule has 0 bridgehead atoms. The molecule has 0 unspecified atom stereocenters. The van der Waals surface area contributed by atoms with Crippen molar-refractivity contribution in [3.8, 4) is 0 Å². The van der Waals surface area contributed by atoms with Crippen LogP contribution in [-0.2, 0) is 0 Å². The predicted octanol–water partition coefficient (Wildman–Crippen LogP) is 2.10. The van der Waals surface area contributed by atoms with Gasteiger partial charge >= 0.3 is 0 Å². The van der Waals surface area contributed by atoms with Gasteiger partial charge in [0.1, 0.15) is 0 Å². The Hall–Kier alpha value is -0.300. The molecular formula is C10H17N. The summed E-state index contributed by atoms with van der Waals surface area (Å²) in [6, 6.07) is 0. The lowest BCUT2D eigenvalue weighted by Crippen LogP contribution is -2.29. The summed E-state index contributed by atoms with van der Waals surface area (Å²) in [5, 5.41) is 3.44. The van der Waals surface area contributed by atoms with Crippen molar-refractivity contribution >= 4 is 0 Å². The number of hydrogen-bond acceptors (Lipinski definition) is 1. The standard InChI is InChI=1S/C10H17N/c1-3-9(4-1)7-10-5-2-6-11-8-10/h7,10-11H,1-6,8H2/t10-/m1/s1. The molecule has 0 aromatic heterocycles. The molecule has 1 heterocycles. The monoisotopic (exact) mass is 151 g/mol. The highest BCUT2D eigenvalue weighted by Gasteiger charge is 2.14. The zero-order valence-corrected chi connectivity index (χ0v) is 7.10. The Kier molecular flexibility index (Phi) is 2.27. The molecule has 1 aliphatic heterocycles. The van der Waals surface area contributed by atoms with E-state index in [9.17, 15) is 0 Å². The lowest BCUT2D eigenvalue weighted by molar-refractivity contribution is 0.432. The van der Waals surface area contributed by atoms with Gasteiger partial charge in [0, 0.05) is 6.54 Å². The quantitative estimate of drug-likeness (QED) is 0.566. The summed E-state index contributed by atoms with van der Waals surface area (Å²) in [5.74, 6) is 0.860. The molecule has 1 aliphatic carbocycles. The van der Waals surface area contributed by atoms with E-state index < -0.39 is 0 Å². The number of allylic oxidation sites excluding steroid dienone is 1. The lowest BCUT2D eigenvalue weighted by Gasteiger charge is -2.24. The van der Waals surface area contributed by atoms with Crippen molar-refractivity contribution in [1.29, 1.82) is 0 Å². The number of rotatable bonds is 1. The third-order valence-corrected chi connectivity index (χ3v) is 2.80. The Bertz CT molecular complexity index is 148. The third kappa shape index (κ3) is 1.84. The van der Waals surface area contributed by atoms with Crippen molar-refractivity contribution in [2.75, 3.05) is 13.1 Å². The van der Waals surface area contributed by atoms with E-state index in [0.29, 0.717) is 0 Å². The highest BCUT2D eigenvalue weighted by atomic mass is 14.9. The van der Waals surface area contributed by atoms with E-state index in [4.69, 9.17) is 0 Å². The molecule has 0 amide bonds. The molecule has 0 aromatic carbocycles. The van der Waals surface area contributed by atoms with Crippen LogP contribution in [0.25, 0.3) is 0 Å². The van der Waals surface area contributed by atoms with Crippen molar-refractivity contribution in [3.05, 3.63) is 11.6 Å². The lowest BCUT2D eigenvalue weighted by atomic mass is 9.87. The highest BCUT2D eigenvalue weighted by Crippen LogP contribution is 2.27. The van der Waals surface area contributed by atoms with Crippen LogP contribution >= 0.6 is 0 Å². The maximum absolute atomic E-state index is 3.44. The minimum absolute atomic E-state index is 0.860. The molecule has 11 heavy (non-hydrogen) atoms. The largest absolute Gasteiger partial charge is 0.316 e. The molecule has 1 nitrogen and oxygen atoms in total. The Morgan fingerprint density at radius 1 is 1.27 bits per heavy atom. The summed E-state index contributed by atoms with van der Waals surface area (Å²) in [4.78, 5) is 0. The highest BCUT2D eigenvalue weighted by molar-refractivity contribution is 5.11. The summed E-state index contributed by atoms with van der Waals surface area (Å²) in [6.07, 6.45) is 9.51. The van der Waals surface area contributed by atoms with Crippen LogP contribution in [0.4, 0.5) is 0 Å². The van der Waals surface area contributed by atoms with Crippen LogP contribution in [0.5, 0.6) is 0 Å². The van der Waals surface area contributed by atoms with Gasteiger partial charge in [-0.05, 0) is 44.6 Å². The van der Waals surface area contributed by atoms with E-state index >= 15 is 0 Å². The summed E-state index contributed by atoms with van der Waals surface area (Å²) in [7, 11) is 0. The van der Waals surface area contributed by atoms with Gasteiger partial charge in [-0.25, -0.2) is 0 Å². The van der Waals surface area contributed by atoms with Gasteiger partial charge in [-0.2, -0.15) is 0 Å². The van der Waals surface area contributed by atoms with Crippen molar-refractivity contribution in [2.24, 2.45) is 5.92 Å². The first kappa shape index (κ1) is 7.35. The number of hydrogen-bond donors (Lipinski definition) is 1. The van der Waals surface area contributed by atoms with Crippen LogP contribution < -0.4 is 5.32 Å². The van der Waals surface area contributed by atoms with E-state index in [0.717, 1.165) is 5.92 Å².